The van der Waals surface area contributed by atoms with E-state index in [0.717, 1.165) is 16.0 Å². The van der Waals surface area contributed by atoms with Crippen LogP contribution >= 0.6 is 11.3 Å². The summed E-state index contributed by atoms with van der Waals surface area (Å²) >= 11 is 1.47. The third kappa shape index (κ3) is 4.33. The number of thiophene rings is 1. The molecule has 1 heterocycles. The fourth-order valence-electron chi connectivity index (χ4n) is 1.84. The normalized spacial score (nSPS) is 10.3. The number of carbonyl (C=O) groups is 2. The van der Waals surface area contributed by atoms with Gasteiger partial charge in [0.15, 0.2) is 6.61 Å². The number of carbonyl (C=O) groups excluding carboxylic acids is 1. The summed E-state index contributed by atoms with van der Waals surface area (Å²) in [5.74, 6) is -0.669. The van der Waals surface area contributed by atoms with E-state index in [4.69, 9.17) is 9.84 Å². The summed E-state index contributed by atoms with van der Waals surface area (Å²) in [6.07, 6.45) is 0. The van der Waals surface area contributed by atoms with Crippen LogP contribution in [0.3, 0.4) is 0 Å². The Hall–Kier alpha value is -2.34. The molecule has 1 aromatic heterocycles. The van der Waals surface area contributed by atoms with Gasteiger partial charge in [-0.25, -0.2) is 4.79 Å². The molecule has 0 aliphatic carbocycles. The highest BCUT2D eigenvalue weighted by Crippen LogP contribution is 2.20. The van der Waals surface area contributed by atoms with Crippen LogP contribution in [0.1, 0.15) is 25.7 Å². The van der Waals surface area contributed by atoms with Crippen molar-refractivity contribution in [1.29, 1.82) is 0 Å². The molecule has 116 valence electrons. The number of aliphatic carboxylic acids is 1. The van der Waals surface area contributed by atoms with Crippen molar-refractivity contribution in [2.75, 3.05) is 6.61 Å². The van der Waals surface area contributed by atoms with Crippen LogP contribution in [-0.2, 0) is 11.3 Å². The van der Waals surface area contributed by atoms with Gasteiger partial charge in [-0.15, -0.1) is 11.3 Å². The van der Waals surface area contributed by atoms with Crippen LogP contribution in [0.2, 0.25) is 0 Å². The first kappa shape index (κ1) is 16.0. The molecule has 0 fully saturated rings. The Kier molecular flexibility index (Phi) is 5.16. The molecule has 0 atom stereocenters. The molecule has 0 aliphatic heterocycles. The van der Waals surface area contributed by atoms with Gasteiger partial charge in [0.1, 0.15) is 5.75 Å². The van der Waals surface area contributed by atoms with Crippen LogP contribution in [0.25, 0.3) is 0 Å². The maximum atomic E-state index is 12.1. The highest BCUT2D eigenvalue weighted by Gasteiger charge is 2.10. The quantitative estimate of drug-likeness (QED) is 0.858. The van der Waals surface area contributed by atoms with E-state index < -0.39 is 5.97 Å². The molecule has 0 unspecified atom stereocenters. The fraction of sp³-hybridized carbons (Fsp3) is 0.250. The summed E-state index contributed by atoms with van der Waals surface area (Å²) in [5.41, 5.74) is 1.96. The van der Waals surface area contributed by atoms with Crippen LogP contribution in [0.15, 0.2) is 30.3 Å². The zero-order chi connectivity index (χ0) is 16.1. The molecule has 5 nitrogen and oxygen atoms in total. The highest BCUT2D eigenvalue weighted by atomic mass is 32.1. The maximum absolute atomic E-state index is 12.1. The summed E-state index contributed by atoms with van der Waals surface area (Å²) in [5, 5.41) is 11.4. The lowest BCUT2D eigenvalue weighted by Gasteiger charge is -2.07. The third-order valence-corrected chi connectivity index (χ3v) is 4.25. The van der Waals surface area contributed by atoms with Gasteiger partial charge in [0.2, 0.25) is 0 Å². The lowest BCUT2D eigenvalue weighted by molar-refractivity contribution is -0.139. The number of carboxylic acids is 1. The standard InChI is InChI=1S/C16H17NO4S/c1-10-6-14(22-11(10)2)16(20)17-8-12-4-3-5-13(7-12)21-9-15(18)19/h3-7H,8-9H2,1-2H3,(H,17,20)(H,18,19). The van der Waals surface area contributed by atoms with Crippen LogP contribution in [0, 0.1) is 13.8 Å². The number of aryl methyl sites for hydroxylation is 2. The van der Waals surface area contributed by atoms with Crippen molar-refractivity contribution < 1.29 is 19.4 Å². The second-order valence-corrected chi connectivity index (χ2v) is 6.12. The number of rotatable bonds is 6. The lowest BCUT2D eigenvalue weighted by Crippen LogP contribution is -2.21. The number of amides is 1. The number of carboxylic acid groups (broad SMARTS) is 1. The van der Waals surface area contributed by atoms with E-state index in [2.05, 4.69) is 5.32 Å². The molecule has 0 radical (unpaired) electrons. The van der Waals surface area contributed by atoms with Gasteiger partial charge in [-0.3, -0.25) is 4.79 Å². The van der Waals surface area contributed by atoms with Crippen molar-refractivity contribution >= 4 is 23.2 Å². The number of benzene rings is 1. The molecule has 0 spiro atoms. The SMILES string of the molecule is Cc1cc(C(=O)NCc2cccc(OCC(=O)O)c2)sc1C. The third-order valence-electron chi connectivity index (χ3n) is 3.10. The Labute approximate surface area is 132 Å². The van der Waals surface area contributed by atoms with Crippen molar-refractivity contribution in [3.63, 3.8) is 0 Å². The molecule has 6 heteroatoms. The first-order valence-electron chi connectivity index (χ1n) is 6.74. The van der Waals surface area contributed by atoms with Crippen LogP contribution in [-0.4, -0.2) is 23.6 Å². The minimum Gasteiger partial charge on any atom is -0.482 e. The van der Waals surface area contributed by atoms with E-state index in [0.29, 0.717) is 17.2 Å². The largest absolute Gasteiger partial charge is 0.482 e. The lowest BCUT2D eigenvalue weighted by atomic mass is 10.2. The van der Waals surface area contributed by atoms with Gasteiger partial charge in [-0.2, -0.15) is 0 Å². The molecular formula is C16H17NO4S. The smallest absolute Gasteiger partial charge is 0.341 e. The molecule has 0 aliphatic rings. The Balaban J connectivity index is 1.94. The Bertz CT molecular complexity index is 674. The zero-order valence-electron chi connectivity index (χ0n) is 12.4. The molecule has 1 aromatic carbocycles. The van der Waals surface area contributed by atoms with Gasteiger partial charge in [0.25, 0.3) is 5.91 Å². The number of hydrogen-bond donors (Lipinski definition) is 2. The van der Waals surface area contributed by atoms with Crippen molar-refractivity contribution in [3.05, 3.63) is 51.2 Å². The van der Waals surface area contributed by atoms with Gasteiger partial charge >= 0.3 is 5.97 Å². The predicted molar refractivity (Wildman–Crippen MR) is 84.5 cm³/mol. The number of nitrogens with one attached hydrogen (secondary N) is 1. The molecule has 1 amide bonds. The highest BCUT2D eigenvalue weighted by molar-refractivity contribution is 7.14. The predicted octanol–water partition coefficient (Wildman–Crippen LogP) is 2.76. The van der Waals surface area contributed by atoms with E-state index in [1.165, 1.54) is 11.3 Å². The van der Waals surface area contributed by atoms with Gasteiger partial charge in [-0.1, -0.05) is 12.1 Å². The molecule has 2 aromatic rings. The Morgan fingerprint density at radius 2 is 2.05 bits per heavy atom. The Morgan fingerprint density at radius 3 is 2.68 bits per heavy atom. The van der Waals surface area contributed by atoms with Gasteiger partial charge in [0, 0.05) is 11.4 Å². The van der Waals surface area contributed by atoms with Crippen molar-refractivity contribution in [3.8, 4) is 5.75 Å². The van der Waals surface area contributed by atoms with E-state index in [-0.39, 0.29) is 12.5 Å². The first-order valence-corrected chi connectivity index (χ1v) is 7.56. The molecule has 22 heavy (non-hydrogen) atoms. The van der Waals surface area contributed by atoms with E-state index in [1.54, 1.807) is 18.2 Å². The second kappa shape index (κ2) is 7.09. The number of ether oxygens (including phenoxy) is 1. The molecule has 0 bridgehead atoms. The summed E-state index contributed by atoms with van der Waals surface area (Å²) in [4.78, 5) is 24.4. The Morgan fingerprint density at radius 1 is 1.27 bits per heavy atom. The van der Waals surface area contributed by atoms with Crippen LogP contribution in [0.4, 0.5) is 0 Å². The topological polar surface area (TPSA) is 75.6 Å². The first-order chi connectivity index (χ1) is 10.5. The van der Waals surface area contributed by atoms with Crippen molar-refractivity contribution in [1.82, 2.24) is 5.32 Å². The van der Waals surface area contributed by atoms with Gasteiger partial charge < -0.3 is 15.2 Å². The minimum absolute atomic E-state index is 0.113. The number of hydrogen-bond acceptors (Lipinski definition) is 4. The molecule has 0 saturated heterocycles. The van der Waals surface area contributed by atoms with E-state index in [1.807, 2.05) is 26.0 Å². The minimum atomic E-state index is -1.03. The van der Waals surface area contributed by atoms with Gasteiger partial charge in [0.05, 0.1) is 4.88 Å². The van der Waals surface area contributed by atoms with E-state index >= 15 is 0 Å². The molecule has 2 N–H and O–H groups in total. The van der Waals surface area contributed by atoms with Gasteiger partial charge in [-0.05, 0) is 43.2 Å². The molecule has 2 rings (SSSR count). The average Bonchev–Trinajstić information content (AvgIpc) is 2.83. The fourth-order valence-corrected chi connectivity index (χ4v) is 2.80. The average molecular weight is 319 g/mol. The monoisotopic (exact) mass is 319 g/mol. The summed E-state index contributed by atoms with van der Waals surface area (Å²) in [7, 11) is 0. The molecular weight excluding hydrogens is 302 g/mol. The van der Waals surface area contributed by atoms with E-state index in [9.17, 15) is 9.59 Å². The zero-order valence-corrected chi connectivity index (χ0v) is 13.2. The van der Waals surface area contributed by atoms with Crippen LogP contribution in [0.5, 0.6) is 5.75 Å². The summed E-state index contributed by atoms with van der Waals surface area (Å²) in [6, 6.07) is 8.88. The second-order valence-electron chi connectivity index (χ2n) is 4.86. The summed E-state index contributed by atoms with van der Waals surface area (Å²) in [6.45, 7) is 3.94. The van der Waals surface area contributed by atoms with Crippen molar-refractivity contribution in [2.45, 2.75) is 20.4 Å². The maximum Gasteiger partial charge on any atom is 0.341 e. The molecule has 0 saturated carbocycles. The summed E-state index contributed by atoms with van der Waals surface area (Å²) < 4.78 is 5.11. The van der Waals surface area contributed by atoms with Crippen molar-refractivity contribution in [2.24, 2.45) is 0 Å². The van der Waals surface area contributed by atoms with Crippen LogP contribution < -0.4 is 10.1 Å².